The predicted octanol–water partition coefficient (Wildman–Crippen LogP) is 6.21. The third-order valence-corrected chi connectivity index (χ3v) is 6.28. The van der Waals surface area contributed by atoms with Crippen molar-refractivity contribution in [3.8, 4) is 0 Å². The molecule has 0 radical (unpaired) electrons. The van der Waals surface area contributed by atoms with Gasteiger partial charge in [-0.15, -0.1) is 0 Å². The minimum atomic E-state index is -0.0172. The number of anilines is 4. The van der Waals surface area contributed by atoms with Gasteiger partial charge in [0, 0.05) is 34.7 Å². The molecule has 0 saturated carbocycles. The van der Waals surface area contributed by atoms with Gasteiger partial charge in [0.05, 0.1) is 5.69 Å². The molecule has 2 aromatic heterocycles. The summed E-state index contributed by atoms with van der Waals surface area (Å²) in [5, 5.41) is 1.14. The Morgan fingerprint density at radius 2 is 1.65 bits per heavy atom. The highest BCUT2D eigenvalue weighted by Crippen LogP contribution is 2.49. The number of para-hydroxylation sites is 1. The molecule has 6 nitrogen and oxygen atoms in total. The maximum atomic E-state index is 6.39. The van der Waals surface area contributed by atoms with Crippen LogP contribution in [0.2, 0.25) is 0 Å². The van der Waals surface area contributed by atoms with Gasteiger partial charge in [0.2, 0.25) is 5.88 Å². The number of furan rings is 1. The van der Waals surface area contributed by atoms with Gasteiger partial charge in [-0.2, -0.15) is 0 Å². The van der Waals surface area contributed by atoms with Crippen LogP contribution >= 0.6 is 0 Å². The molecule has 4 aromatic rings. The molecule has 0 bridgehead atoms. The third-order valence-electron chi connectivity index (χ3n) is 6.28. The molecule has 0 aliphatic carbocycles. The maximum Gasteiger partial charge on any atom is 0.223 e. The van der Waals surface area contributed by atoms with Gasteiger partial charge in [-0.25, -0.2) is 15.0 Å². The number of fused-ring (bicyclic) bond motifs is 4. The van der Waals surface area contributed by atoms with E-state index in [0.717, 1.165) is 64.0 Å². The molecule has 4 heterocycles. The lowest BCUT2D eigenvalue weighted by Crippen LogP contribution is -2.36. The zero-order chi connectivity index (χ0) is 21.1. The van der Waals surface area contributed by atoms with Crippen molar-refractivity contribution in [3.05, 3.63) is 66.0 Å². The van der Waals surface area contributed by atoms with Gasteiger partial charge in [-0.05, 0) is 51.3 Å². The first kappa shape index (κ1) is 18.1. The number of aliphatic imine (C=N–C) groups is 1. The second-order valence-corrected chi connectivity index (χ2v) is 8.25. The Hall–Kier alpha value is -3.67. The lowest BCUT2D eigenvalue weighted by molar-refractivity contribution is 0.614. The summed E-state index contributed by atoms with van der Waals surface area (Å²) in [6.45, 7) is 6.37. The van der Waals surface area contributed by atoms with Crippen LogP contribution < -0.4 is 9.80 Å². The first-order chi connectivity index (χ1) is 15.1. The Morgan fingerprint density at radius 1 is 0.903 bits per heavy atom. The number of rotatable bonds is 2. The van der Waals surface area contributed by atoms with E-state index in [4.69, 9.17) is 19.4 Å². The van der Waals surface area contributed by atoms with Gasteiger partial charge < -0.3 is 9.32 Å². The van der Waals surface area contributed by atoms with E-state index in [2.05, 4.69) is 54.8 Å². The Morgan fingerprint density at radius 3 is 2.42 bits per heavy atom. The van der Waals surface area contributed by atoms with Crippen LogP contribution in [0.4, 0.5) is 28.9 Å². The summed E-state index contributed by atoms with van der Waals surface area (Å²) in [5.74, 6) is 2.43. The minimum absolute atomic E-state index is 0.0172. The summed E-state index contributed by atoms with van der Waals surface area (Å²) >= 11 is 0. The molecule has 154 valence electrons. The summed E-state index contributed by atoms with van der Waals surface area (Å²) < 4.78 is 6.39. The van der Waals surface area contributed by atoms with Gasteiger partial charge in [-0.1, -0.05) is 30.3 Å². The number of nitrogens with zero attached hydrogens (tertiary/aromatic N) is 5. The standard InChI is InChI=1S/C25H23N5O/c1-15-9-11-19-20-12-10-16(2)28-25(20)31-22(19)21(15)30-17(3)29(18-7-5-4-6-8-18)23-24(30)27-14-13-26-23/h4-9,11,13-14,17H,10,12H2,1-3H3/t17-/m0/s1. The van der Waals surface area contributed by atoms with Crippen molar-refractivity contribution in [2.45, 2.75) is 39.8 Å². The van der Waals surface area contributed by atoms with Gasteiger partial charge in [0.1, 0.15) is 6.17 Å². The average Bonchev–Trinajstić information content (AvgIpc) is 3.28. The molecule has 2 aliphatic rings. The molecule has 0 unspecified atom stereocenters. The second kappa shape index (κ2) is 6.67. The summed E-state index contributed by atoms with van der Waals surface area (Å²) in [4.78, 5) is 18.6. The minimum Gasteiger partial charge on any atom is -0.436 e. The summed E-state index contributed by atoms with van der Waals surface area (Å²) in [7, 11) is 0. The second-order valence-electron chi connectivity index (χ2n) is 8.25. The van der Waals surface area contributed by atoms with E-state index >= 15 is 0 Å². The molecule has 2 aliphatic heterocycles. The van der Waals surface area contributed by atoms with E-state index in [1.807, 2.05) is 18.2 Å². The molecular weight excluding hydrogens is 386 g/mol. The van der Waals surface area contributed by atoms with E-state index in [1.54, 1.807) is 12.4 Å². The summed E-state index contributed by atoms with van der Waals surface area (Å²) in [6, 6.07) is 14.7. The van der Waals surface area contributed by atoms with Crippen molar-refractivity contribution in [3.63, 3.8) is 0 Å². The molecular formula is C25H23N5O. The smallest absolute Gasteiger partial charge is 0.223 e. The van der Waals surface area contributed by atoms with Crippen LogP contribution in [0.3, 0.4) is 0 Å². The zero-order valence-corrected chi connectivity index (χ0v) is 17.8. The van der Waals surface area contributed by atoms with E-state index in [9.17, 15) is 0 Å². The highest BCUT2D eigenvalue weighted by atomic mass is 16.3. The van der Waals surface area contributed by atoms with Crippen LogP contribution in [0, 0.1) is 6.92 Å². The highest BCUT2D eigenvalue weighted by molar-refractivity contribution is 6.01. The Kier molecular flexibility index (Phi) is 3.90. The molecule has 0 spiro atoms. The van der Waals surface area contributed by atoms with Crippen LogP contribution in [0.25, 0.3) is 11.0 Å². The molecule has 0 amide bonds. The van der Waals surface area contributed by atoms with Gasteiger partial charge in [0.25, 0.3) is 0 Å². The number of aryl methyl sites for hydroxylation is 2. The fourth-order valence-corrected chi connectivity index (χ4v) is 4.80. The lowest BCUT2D eigenvalue weighted by Gasteiger charge is -2.30. The van der Waals surface area contributed by atoms with Gasteiger partial charge in [0.15, 0.2) is 17.2 Å². The van der Waals surface area contributed by atoms with E-state index < -0.39 is 0 Å². The Balaban J connectivity index is 1.59. The van der Waals surface area contributed by atoms with Crippen molar-refractivity contribution >= 4 is 45.6 Å². The van der Waals surface area contributed by atoms with Crippen LogP contribution in [-0.2, 0) is 6.42 Å². The van der Waals surface area contributed by atoms with E-state index in [0.29, 0.717) is 0 Å². The lowest BCUT2D eigenvalue weighted by atomic mass is 10.0. The average molecular weight is 409 g/mol. The molecule has 6 rings (SSSR count). The highest BCUT2D eigenvalue weighted by Gasteiger charge is 2.39. The fraction of sp³-hybridized carbons (Fsp3) is 0.240. The quantitative estimate of drug-likeness (QED) is 0.394. The van der Waals surface area contributed by atoms with E-state index in [-0.39, 0.29) is 6.17 Å². The normalized spacial score (nSPS) is 17.6. The number of hydrogen-bond acceptors (Lipinski definition) is 6. The molecule has 1 atom stereocenters. The van der Waals surface area contributed by atoms with Crippen molar-refractivity contribution in [2.24, 2.45) is 4.99 Å². The molecule has 6 heteroatoms. The van der Waals surface area contributed by atoms with Crippen LogP contribution in [0.1, 0.15) is 31.4 Å². The number of aromatic nitrogens is 2. The number of benzene rings is 2. The molecule has 0 saturated heterocycles. The topological polar surface area (TPSA) is 57.8 Å². The van der Waals surface area contributed by atoms with Crippen LogP contribution in [-0.4, -0.2) is 21.8 Å². The first-order valence-electron chi connectivity index (χ1n) is 10.7. The SMILES string of the molecule is CC1=Nc2oc3c(N4c5nccnc5N(c5ccccc5)[C@@H]4C)c(C)ccc3c2CC1. The zero-order valence-electron chi connectivity index (χ0n) is 17.8. The fourth-order valence-electron chi connectivity index (χ4n) is 4.80. The predicted molar refractivity (Wildman–Crippen MR) is 124 cm³/mol. The monoisotopic (exact) mass is 409 g/mol. The van der Waals surface area contributed by atoms with Crippen molar-refractivity contribution in [1.82, 2.24) is 9.97 Å². The van der Waals surface area contributed by atoms with Crippen LogP contribution in [0.15, 0.2) is 64.3 Å². The van der Waals surface area contributed by atoms with E-state index in [1.165, 1.54) is 5.56 Å². The first-order valence-corrected chi connectivity index (χ1v) is 10.7. The summed E-state index contributed by atoms with van der Waals surface area (Å²) in [5.41, 5.74) is 6.45. The Labute approximate surface area is 180 Å². The molecule has 31 heavy (non-hydrogen) atoms. The largest absolute Gasteiger partial charge is 0.436 e. The summed E-state index contributed by atoms with van der Waals surface area (Å²) in [6.07, 6.45) is 5.42. The van der Waals surface area contributed by atoms with Crippen LogP contribution in [0.5, 0.6) is 0 Å². The van der Waals surface area contributed by atoms with Gasteiger partial charge in [-0.3, -0.25) is 4.90 Å². The van der Waals surface area contributed by atoms with Crippen molar-refractivity contribution < 1.29 is 4.42 Å². The third kappa shape index (κ3) is 2.61. The maximum absolute atomic E-state index is 6.39. The molecule has 0 fully saturated rings. The van der Waals surface area contributed by atoms with Gasteiger partial charge >= 0.3 is 0 Å². The molecule has 0 N–H and O–H groups in total. The van der Waals surface area contributed by atoms with Crippen molar-refractivity contribution in [1.29, 1.82) is 0 Å². The number of hydrogen-bond donors (Lipinski definition) is 0. The Bertz CT molecular complexity index is 1340. The molecule has 2 aromatic carbocycles. The van der Waals surface area contributed by atoms with Crippen molar-refractivity contribution in [2.75, 3.05) is 9.80 Å².